The molecule has 0 saturated carbocycles. The number of aliphatic carboxylic acids is 1. The number of thiazole rings is 1. The van der Waals surface area contributed by atoms with E-state index >= 15 is 0 Å². The standard InChI is InChI=1S/C23H19NO4S/c1-27-23(16-10-4-2-5-11-16,17-12-6-3-7-13-17)20(21(25)26)28-22-24-18-14-8-9-15-19(18)29-22/h2-15,20H,1H3,(H,25,26)/t20-/m1/s1. The quantitative estimate of drug-likeness (QED) is 0.482. The zero-order chi connectivity index (χ0) is 20.3. The van der Waals surface area contributed by atoms with Crippen LogP contribution in [0.4, 0.5) is 0 Å². The Morgan fingerprint density at radius 2 is 1.48 bits per heavy atom. The van der Waals surface area contributed by atoms with E-state index < -0.39 is 17.7 Å². The highest BCUT2D eigenvalue weighted by Crippen LogP contribution is 2.40. The highest BCUT2D eigenvalue weighted by molar-refractivity contribution is 7.20. The topological polar surface area (TPSA) is 68.7 Å². The summed E-state index contributed by atoms with van der Waals surface area (Å²) in [5.74, 6) is -1.14. The molecule has 0 aliphatic rings. The van der Waals surface area contributed by atoms with Crippen molar-refractivity contribution in [1.29, 1.82) is 0 Å². The Bertz CT molecular complexity index is 1040. The maximum atomic E-state index is 12.4. The summed E-state index contributed by atoms with van der Waals surface area (Å²) in [5.41, 5.74) is 0.773. The molecule has 1 atom stereocenters. The highest BCUT2D eigenvalue weighted by Gasteiger charge is 2.49. The number of para-hydroxylation sites is 1. The van der Waals surface area contributed by atoms with Crippen LogP contribution in [0.1, 0.15) is 11.1 Å². The van der Waals surface area contributed by atoms with Crippen molar-refractivity contribution >= 4 is 27.5 Å². The fourth-order valence-electron chi connectivity index (χ4n) is 3.49. The third kappa shape index (κ3) is 3.48. The molecule has 0 bridgehead atoms. The van der Waals surface area contributed by atoms with Crippen LogP contribution in [0.15, 0.2) is 84.9 Å². The van der Waals surface area contributed by atoms with E-state index in [-0.39, 0.29) is 5.19 Å². The number of hydrogen-bond acceptors (Lipinski definition) is 5. The van der Waals surface area contributed by atoms with Crippen molar-refractivity contribution in [2.75, 3.05) is 7.11 Å². The van der Waals surface area contributed by atoms with Crippen molar-refractivity contribution in [2.45, 2.75) is 11.7 Å². The van der Waals surface area contributed by atoms with Gasteiger partial charge in [-0.15, -0.1) is 0 Å². The third-order valence-corrected chi connectivity index (χ3v) is 5.74. The van der Waals surface area contributed by atoms with E-state index in [1.165, 1.54) is 18.4 Å². The van der Waals surface area contributed by atoms with Crippen molar-refractivity contribution < 1.29 is 19.4 Å². The highest BCUT2D eigenvalue weighted by atomic mass is 32.1. The minimum atomic E-state index is -1.35. The summed E-state index contributed by atoms with van der Waals surface area (Å²) in [6, 6.07) is 26.1. The molecule has 0 aliphatic carbocycles. The maximum Gasteiger partial charge on any atom is 0.348 e. The van der Waals surface area contributed by atoms with Gasteiger partial charge in [0, 0.05) is 7.11 Å². The second kappa shape index (κ2) is 8.03. The van der Waals surface area contributed by atoms with Gasteiger partial charge >= 0.3 is 5.97 Å². The lowest BCUT2D eigenvalue weighted by atomic mass is 9.81. The average molecular weight is 405 g/mol. The summed E-state index contributed by atoms with van der Waals surface area (Å²) in [5, 5.41) is 10.5. The number of carboxylic acid groups (broad SMARTS) is 1. The minimum Gasteiger partial charge on any atom is -0.478 e. The second-order valence-electron chi connectivity index (χ2n) is 6.46. The summed E-state index contributed by atoms with van der Waals surface area (Å²) >= 11 is 1.31. The predicted molar refractivity (Wildman–Crippen MR) is 112 cm³/mol. The normalized spacial score (nSPS) is 12.6. The average Bonchev–Trinajstić information content (AvgIpc) is 3.18. The summed E-state index contributed by atoms with van der Waals surface area (Å²) in [6.07, 6.45) is -1.35. The molecule has 0 aliphatic heterocycles. The minimum absolute atomic E-state index is 0.284. The Morgan fingerprint density at radius 3 is 2.00 bits per heavy atom. The van der Waals surface area contributed by atoms with Crippen molar-refractivity contribution in [3.8, 4) is 5.19 Å². The number of carboxylic acids is 1. The van der Waals surface area contributed by atoms with Crippen LogP contribution in [0.2, 0.25) is 0 Å². The Morgan fingerprint density at radius 1 is 0.931 bits per heavy atom. The van der Waals surface area contributed by atoms with Gasteiger partial charge in [0.2, 0.25) is 6.10 Å². The Hall–Kier alpha value is -3.22. The largest absolute Gasteiger partial charge is 0.478 e. The van der Waals surface area contributed by atoms with Crippen LogP contribution in [0, 0.1) is 0 Å². The van der Waals surface area contributed by atoms with Gasteiger partial charge in [0.1, 0.15) is 0 Å². The molecule has 0 amide bonds. The molecule has 0 saturated heterocycles. The first-order valence-electron chi connectivity index (χ1n) is 9.06. The van der Waals surface area contributed by atoms with Crippen LogP contribution in [-0.4, -0.2) is 29.3 Å². The van der Waals surface area contributed by atoms with Crippen LogP contribution in [-0.2, 0) is 15.1 Å². The van der Waals surface area contributed by atoms with Gasteiger partial charge in [0.05, 0.1) is 10.2 Å². The van der Waals surface area contributed by atoms with E-state index in [2.05, 4.69) is 4.98 Å². The van der Waals surface area contributed by atoms with Crippen molar-refractivity contribution in [3.05, 3.63) is 96.1 Å². The number of ether oxygens (including phenoxy) is 2. The van der Waals surface area contributed by atoms with Crippen LogP contribution < -0.4 is 4.74 Å². The molecule has 4 aromatic rings. The molecule has 6 heteroatoms. The molecule has 29 heavy (non-hydrogen) atoms. The van der Waals surface area contributed by atoms with Gasteiger partial charge in [0.25, 0.3) is 5.19 Å². The Labute approximate surface area is 172 Å². The molecule has 1 N–H and O–H groups in total. The molecule has 1 heterocycles. The molecule has 5 nitrogen and oxygen atoms in total. The monoisotopic (exact) mass is 405 g/mol. The molecule has 0 spiro atoms. The van der Waals surface area contributed by atoms with Gasteiger partial charge in [-0.2, -0.15) is 0 Å². The van der Waals surface area contributed by atoms with E-state index in [0.717, 1.165) is 10.2 Å². The lowest BCUT2D eigenvalue weighted by Gasteiger charge is -2.37. The lowest BCUT2D eigenvalue weighted by molar-refractivity contribution is -0.160. The van der Waals surface area contributed by atoms with Crippen molar-refractivity contribution in [1.82, 2.24) is 4.98 Å². The molecule has 1 aromatic heterocycles. The smallest absolute Gasteiger partial charge is 0.348 e. The number of rotatable bonds is 7. The first-order valence-corrected chi connectivity index (χ1v) is 9.88. The van der Waals surface area contributed by atoms with E-state index in [0.29, 0.717) is 11.1 Å². The van der Waals surface area contributed by atoms with E-state index in [1.54, 1.807) is 0 Å². The number of hydrogen-bond donors (Lipinski definition) is 1. The summed E-state index contributed by atoms with van der Waals surface area (Å²) in [4.78, 5) is 16.9. The number of carbonyl (C=O) groups is 1. The summed E-state index contributed by atoms with van der Waals surface area (Å²) in [7, 11) is 1.50. The molecule has 146 valence electrons. The molecule has 0 unspecified atom stereocenters. The molecule has 3 aromatic carbocycles. The first-order chi connectivity index (χ1) is 14.1. The summed E-state index contributed by atoms with van der Waals surface area (Å²) < 4.78 is 12.9. The van der Waals surface area contributed by atoms with Gasteiger partial charge in [-0.05, 0) is 23.3 Å². The lowest BCUT2D eigenvalue weighted by Crippen LogP contribution is -2.50. The third-order valence-electron chi connectivity index (χ3n) is 4.81. The predicted octanol–water partition coefficient (Wildman–Crippen LogP) is 4.72. The Kier molecular flexibility index (Phi) is 5.29. The fraction of sp³-hybridized carbons (Fsp3) is 0.130. The zero-order valence-corrected chi connectivity index (χ0v) is 16.5. The van der Waals surface area contributed by atoms with Gasteiger partial charge in [-0.25, -0.2) is 9.78 Å². The van der Waals surface area contributed by atoms with Crippen LogP contribution >= 0.6 is 11.3 Å². The number of nitrogens with zero attached hydrogens (tertiary/aromatic N) is 1. The second-order valence-corrected chi connectivity index (χ2v) is 7.45. The van der Waals surface area contributed by atoms with E-state index in [1.807, 2.05) is 84.9 Å². The molecular weight excluding hydrogens is 386 g/mol. The number of fused-ring (bicyclic) bond motifs is 1. The van der Waals surface area contributed by atoms with Gasteiger partial charge in [-0.1, -0.05) is 84.1 Å². The maximum absolute atomic E-state index is 12.4. The first kappa shape index (κ1) is 19.1. The van der Waals surface area contributed by atoms with Gasteiger partial charge in [0.15, 0.2) is 5.60 Å². The van der Waals surface area contributed by atoms with E-state index in [4.69, 9.17) is 9.47 Å². The van der Waals surface area contributed by atoms with Crippen LogP contribution in [0.5, 0.6) is 5.19 Å². The SMILES string of the molecule is COC(c1ccccc1)(c1ccccc1)[C@H](Oc1nc2ccccc2s1)C(=O)O. The fourth-order valence-corrected chi connectivity index (χ4v) is 4.33. The molecule has 0 radical (unpaired) electrons. The van der Waals surface area contributed by atoms with Gasteiger partial charge < -0.3 is 14.6 Å². The Balaban J connectivity index is 1.87. The van der Waals surface area contributed by atoms with Crippen molar-refractivity contribution in [2.24, 2.45) is 0 Å². The summed E-state index contributed by atoms with van der Waals surface area (Å²) in [6.45, 7) is 0. The number of benzene rings is 3. The number of aromatic nitrogens is 1. The van der Waals surface area contributed by atoms with Gasteiger partial charge in [-0.3, -0.25) is 0 Å². The van der Waals surface area contributed by atoms with Crippen LogP contribution in [0.3, 0.4) is 0 Å². The molecule has 4 rings (SSSR count). The molecular formula is C23H19NO4S. The van der Waals surface area contributed by atoms with E-state index in [9.17, 15) is 9.90 Å². The van der Waals surface area contributed by atoms with Crippen LogP contribution in [0.25, 0.3) is 10.2 Å². The van der Waals surface area contributed by atoms with Crippen molar-refractivity contribution in [3.63, 3.8) is 0 Å². The molecule has 0 fully saturated rings. The number of methoxy groups -OCH3 is 1. The zero-order valence-electron chi connectivity index (χ0n) is 15.7.